The molecule has 0 fully saturated rings. The maximum Gasteiger partial charge on any atom is 0.359 e. The molecule has 0 aromatic carbocycles. The monoisotopic (exact) mass is 303 g/mol. The molecule has 0 amide bonds. The van der Waals surface area contributed by atoms with Crippen LogP contribution >= 0.6 is 15.2 Å². The zero-order valence-electron chi connectivity index (χ0n) is 11.3. The Balaban J connectivity index is 5.18. The average Bonchev–Trinajstić information content (AvgIpc) is 2.29. The van der Waals surface area contributed by atoms with Crippen molar-refractivity contribution in [1.29, 1.82) is 0 Å². The zero-order valence-corrected chi connectivity index (χ0v) is 13.1. The van der Waals surface area contributed by atoms with Gasteiger partial charge in [0.1, 0.15) is 0 Å². The number of hydrogen-bond donors (Lipinski definition) is 1. The third-order valence-electron chi connectivity index (χ3n) is 1.88. The SMILES string of the molecule is CCOP(=O)(OCC)C(N)P(=O)(OCC)OCC. The minimum Gasteiger partial charge on any atom is -0.308 e. The van der Waals surface area contributed by atoms with E-state index in [1.54, 1.807) is 27.7 Å². The van der Waals surface area contributed by atoms with Crippen molar-refractivity contribution in [3.63, 3.8) is 0 Å². The van der Waals surface area contributed by atoms with E-state index >= 15 is 0 Å². The average molecular weight is 303 g/mol. The van der Waals surface area contributed by atoms with E-state index in [2.05, 4.69) is 0 Å². The summed E-state index contributed by atoms with van der Waals surface area (Å²) in [5, 5.41) is 0. The molecule has 7 nitrogen and oxygen atoms in total. The topological polar surface area (TPSA) is 97.1 Å². The predicted octanol–water partition coefficient (Wildman–Crippen LogP) is 2.76. The van der Waals surface area contributed by atoms with E-state index in [0.717, 1.165) is 0 Å². The molecule has 0 unspecified atom stereocenters. The highest BCUT2D eigenvalue weighted by atomic mass is 31.2. The summed E-state index contributed by atoms with van der Waals surface area (Å²) in [5.41, 5.74) is 4.31. The molecular formula is C9H23NO6P2. The molecule has 0 saturated heterocycles. The maximum atomic E-state index is 12.4. The van der Waals surface area contributed by atoms with Crippen LogP contribution in [0.4, 0.5) is 0 Å². The van der Waals surface area contributed by atoms with Crippen LogP contribution in [0.25, 0.3) is 0 Å². The third kappa shape index (κ3) is 4.74. The van der Waals surface area contributed by atoms with Gasteiger partial charge in [-0.3, -0.25) is 9.13 Å². The molecule has 0 aliphatic heterocycles. The molecule has 0 rings (SSSR count). The molecule has 0 aliphatic carbocycles. The normalized spacial score (nSPS) is 13.2. The second kappa shape index (κ2) is 8.43. The van der Waals surface area contributed by atoms with Crippen molar-refractivity contribution in [1.82, 2.24) is 0 Å². The first kappa shape index (κ1) is 18.3. The lowest BCUT2D eigenvalue weighted by Gasteiger charge is -2.28. The Morgan fingerprint density at radius 3 is 1.17 bits per heavy atom. The van der Waals surface area contributed by atoms with E-state index in [-0.39, 0.29) is 26.4 Å². The molecule has 0 aromatic heterocycles. The molecule has 2 N–H and O–H groups in total. The number of hydrogen-bond acceptors (Lipinski definition) is 7. The molecular weight excluding hydrogens is 280 g/mol. The fourth-order valence-electron chi connectivity index (χ4n) is 1.27. The van der Waals surface area contributed by atoms with Gasteiger partial charge in [0.15, 0.2) is 0 Å². The Morgan fingerprint density at radius 2 is 1.00 bits per heavy atom. The van der Waals surface area contributed by atoms with Crippen LogP contribution in [-0.4, -0.2) is 32.0 Å². The summed E-state index contributed by atoms with van der Waals surface area (Å²) in [6, 6.07) is 0. The van der Waals surface area contributed by atoms with Crippen molar-refractivity contribution in [2.75, 3.05) is 26.4 Å². The van der Waals surface area contributed by atoms with Gasteiger partial charge in [-0.2, -0.15) is 0 Å². The first-order chi connectivity index (χ1) is 8.40. The number of rotatable bonds is 10. The summed E-state index contributed by atoms with van der Waals surface area (Å²) >= 11 is 0. The molecule has 110 valence electrons. The Bertz CT molecular complexity index is 274. The van der Waals surface area contributed by atoms with Gasteiger partial charge in [-0.05, 0) is 27.7 Å². The summed E-state index contributed by atoms with van der Waals surface area (Å²) in [6.07, 6.45) is 0. The van der Waals surface area contributed by atoms with Crippen LogP contribution in [0.2, 0.25) is 0 Å². The standard InChI is InChI=1S/C9H23NO6P2/c1-5-13-17(11,14-6-2)9(10)18(12,15-7-3)16-8-4/h9H,5-8,10H2,1-4H3. The van der Waals surface area contributed by atoms with E-state index in [0.29, 0.717) is 0 Å². The minimum atomic E-state index is -3.73. The molecule has 0 aromatic rings. The second-order valence-electron chi connectivity index (χ2n) is 3.16. The van der Waals surface area contributed by atoms with Crippen LogP contribution in [0, 0.1) is 0 Å². The van der Waals surface area contributed by atoms with E-state index in [4.69, 9.17) is 23.8 Å². The van der Waals surface area contributed by atoms with E-state index in [1.807, 2.05) is 0 Å². The largest absolute Gasteiger partial charge is 0.359 e. The van der Waals surface area contributed by atoms with Crippen LogP contribution in [0.1, 0.15) is 27.7 Å². The van der Waals surface area contributed by atoms with Crippen molar-refractivity contribution >= 4 is 15.2 Å². The van der Waals surface area contributed by atoms with Gasteiger partial charge in [-0.1, -0.05) is 0 Å². The summed E-state index contributed by atoms with van der Waals surface area (Å²) in [7, 11) is -7.45. The Hall–Kier alpha value is 0.260. The molecule has 0 radical (unpaired) electrons. The lowest BCUT2D eigenvalue weighted by Crippen LogP contribution is -2.25. The van der Waals surface area contributed by atoms with E-state index in [9.17, 15) is 9.13 Å². The van der Waals surface area contributed by atoms with Crippen molar-refractivity contribution in [2.24, 2.45) is 5.73 Å². The lowest BCUT2D eigenvalue weighted by molar-refractivity contribution is 0.195. The number of nitrogens with two attached hydrogens (primary N) is 1. The van der Waals surface area contributed by atoms with Crippen LogP contribution in [-0.2, 0) is 27.2 Å². The van der Waals surface area contributed by atoms with Crippen LogP contribution in [0.15, 0.2) is 0 Å². The Labute approximate surface area is 108 Å². The van der Waals surface area contributed by atoms with E-state index < -0.39 is 20.7 Å². The first-order valence-corrected chi connectivity index (χ1v) is 9.15. The van der Waals surface area contributed by atoms with Gasteiger partial charge in [-0.25, -0.2) is 0 Å². The molecule has 9 heteroatoms. The maximum absolute atomic E-state index is 12.4. The minimum absolute atomic E-state index is 0.128. The van der Waals surface area contributed by atoms with Gasteiger partial charge in [0.05, 0.1) is 26.4 Å². The molecule has 0 heterocycles. The summed E-state index contributed by atoms with van der Waals surface area (Å²) in [6.45, 7) is 7.09. The summed E-state index contributed by atoms with van der Waals surface area (Å²) < 4.78 is 45.0. The highest BCUT2D eigenvalue weighted by molar-refractivity contribution is 7.72. The fourth-order valence-corrected chi connectivity index (χ4v) is 5.66. The quantitative estimate of drug-likeness (QED) is 0.620. The van der Waals surface area contributed by atoms with Crippen molar-refractivity contribution < 1.29 is 27.2 Å². The first-order valence-electron chi connectivity index (χ1n) is 5.93. The molecule has 0 atom stereocenters. The Kier molecular flexibility index (Phi) is 8.56. The van der Waals surface area contributed by atoms with Gasteiger partial charge in [0.2, 0.25) is 5.52 Å². The van der Waals surface area contributed by atoms with Gasteiger partial charge in [-0.15, -0.1) is 0 Å². The van der Waals surface area contributed by atoms with Gasteiger partial charge < -0.3 is 23.8 Å². The van der Waals surface area contributed by atoms with Crippen molar-refractivity contribution in [3.05, 3.63) is 0 Å². The van der Waals surface area contributed by atoms with Gasteiger partial charge >= 0.3 is 15.2 Å². The van der Waals surface area contributed by atoms with Gasteiger partial charge in [0, 0.05) is 0 Å². The second-order valence-corrected chi connectivity index (χ2v) is 7.88. The highest BCUT2D eigenvalue weighted by Crippen LogP contribution is 2.67. The molecule has 18 heavy (non-hydrogen) atoms. The lowest BCUT2D eigenvalue weighted by atomic mass is 10.9. The van der Waals surface area contributed by atoms with Crippen LogP contribution in [0.3, 0.4) is 0 Å². The molecule has 0 bridgehead atoms. The Morgan fingerprint density at radius 1 is 0.778 bits per heavy atom. The van der Waals surface area contributed by atoms with Gasteiger partial charge in [0.25, 0.3) is 0 Å². The fraction of sp³-hybridized carbons (Fsp3) is 1.00. The molecule has 0 saturated carbocycles. The predicted molar refractivity (Wildman–Crippen MR) is 69.7 cm³/mol. The van der Waals surface area contributed by atoms with E-state index in [1.165, 1.54) is 0 Å². The highest BCUT2D eigenvalue weighted by Gasteiger charge is 2.48. The third-order valence-corrected chi connectivity index (χ3v) is 7.35. The van der Waals surface area contributed by atoms with Crippen LogP contribution in [0.5, 0.6) is 0 Å². The van der Waals surface area contributed by atoms with Crippen LogP contribution < -0.4 is 5.73 Å². The molecule has 0 spiro atoms. The van der Waals surface area contributed by atoms with Crippen molar-refractivity contribution in [3.8, 4) is 0 Å². The molecule has 0 aliphatic rings. The van der Waals surface area contributed by atoms with Crippen molar-refractivity contribution in [2.45, 2.75) is 33.2 Å². The smallest absolute Gasteiger partial charge is 0.308 e. The summed E-state index contributed by atoms with van der Waals surface area (Å²) in [5.74, 6) is 0. The zero-order chi connectivity index (χ0) is 14.2. The summed E-state index contributed by atoms with van der Waals surface area (Å²) in [4.78, 5) is 0.